The average molecular weight is 309 g/mol. The topological polar surface area (TPSA) is 72.9 Å². The van der Waals surface area contributed by atoms with Crippen LogP contribution in [0.2, 0.25) is 0 Å². The number of likely N-dealkylation sites (N-methyl/N-ethyl adjacent to an activating group) is 1. The quantitative estimate of drug-likeness (QED) is 0.807. The SMILES string of the molecule is CCN(CC(=O)O)C1CC(NC(=O)N2CC3(CCCC3)C2)C1. The van der Waals surface area contributed by atoms with Crippen LogP contribution in [0, 0.1) is 5.41 Å². The Morgan fingerprint density at radius 3 is 2.45 bits per heavy atom. The van der Waals surface area contributed by atoms with Crippen molar-refractivity contribution in [1.82, 2.24) is 15.1 Å². The maximum atomic E-state index is 12.2. The van der Waals surface area contributed by atoms with Gasteiger partial charge in [0.05, 0.1) is 6.54 Å². The van der Waals surface area contributed by atoms with Crippen LogP contribution < -0.4 is 5.32 Å². The third-order valence-corrected chi connectivity index (χ3v) is 5.71. The lowest BCUT2D eigenvalue weighted by atomic mass is 9.78. The Kier molecular flexibility index (Phi) is 4.30. The Hall–Kier alpha value is -1.30. The maximum absolute atomic E-state index is 12.2. The molecule has 1 spiro atoms. The summed E-state index contributed by atoms with van der Waals surface area (Å²) in [5.74, 6) is -0.781. The molecule has 0 aromatic carbocycles. The maximum Gasteiger partial charge on any atom is 0.317 e. The number of nitrogens with zero attached hydrogens (tertiary/aromatic N) is 2. The number of nitrogens with one attached hydrogen (secondary N) is 1. The van der Waals surface area contributed by atoms with Crippen LogP contribution in [0.5, 0.6) is 0 Å². The summed E-state index contributed by atoms with van der Waals surface area (Å²) in [5, 5.41) is 12.0. The fourth-order valence-electron chi connectivity index (χ4n) is 4.29. The van der Waals surface area contributed by atoms with Crippen molar-refractivity contribution in [2.75, 3.05) is 26.2 Å². The number of amides is 2. The summed E-state index contributed by atoms with van der Waals surface area (Å²) in [6, 6.07) is 0.576. The molecular weight excluding hydrogens is 282 g/mol. The number of carboxylic acid groups (broad SMARTS) is 1. The van der Waals surface area contributed by atoms with Crippen molar-refractivity contribution >= 4 is 12.0 Å². The zero-order valence-electron chi connectivity index (χ0n) is 13.4. The third-order valence-electron chi connectivity index (χ3n) is 5.71. The molecule has 2 N–H and O–H groups in total. The van der Waals surface area contributed by atoms with Gasteiger partial charge in [0.2, 0.25) is 0 Å². The molecule has 0 radical (unpaired) electrons. The second-order valence-electron chi connectivity index (χ2n) is 7.29. The zero-order chi connectivity index (χ0) is 15.7. The van der Waals surface area contributed by atoms with Crippen LogP contribution in [0.25, 0.3) is 0 Å². The number of likely N-dealkylation sites (tertiary alicyclic amines) is 1. The van der Waals surface area contributed by atoms with E-state index in [0.717, 1.165) is 32.5 Å². The van der Waals surface area contributed by atoms with Gasteiger partial charge in [-0.05, 0) is 32.2 Å². The highest BCUT2D eigenvalue weighted by molar-refractivity contribution is 5.76. The minimum atomic E-state index is -0.781. The second-order valence-corrected chi connectivity index (χ2v) is 7.29. The lowest BCUT2D eigenvalue weighted by Crippen LogP contribution is -2.63. The van der Waals surface area contributed by atoms with Gasteiger partial charge in [-0.2, -0.15) is 0 Å². The summed E-state index contributed by atoms with van der Waals surface area (Å²) in [4.78, 5) is 26.9. The van der Waals surface area contributed by atoms with Crippen molar-refractivity contribution in [1.29, 1.82) is 0 Å². The van der Waals surface area contributed by atoms with Crippen LogP contribution in [0.15, 0.2) is 0 Å². The van der Waals surface area contributed by atoms with Crippen LogP contribution in [0.3, 0.4) is 0 Å². The van der Waals surface area contributed by atoms with Crippen molar-refractivity contribution in [3.05, 3.63) is 0 Å². The van der Waals surface area contributed by atoms with Crippen LogP contribution in [0.1, 0.15) is 45.4 Å². The second kappa shape index (κ2) is 6.07. The molecule has 3 rings (SSSR count). The highest BCUT2D eigenvalue weighted by atomic mass is 16.4. The molecule has 0 aromatic rings. The number of carbonyl (C=O) groups is 2. The van der Waals surface area contributed by atoms with E-state index in [9.17, 15) is 9.59 Å². The highest BCUT2D eigenvalue weighted by Crippen LogP contribution is 2.45. The predicted octanol–water partition coefficient (Wildman–Crippen LogP) is 1.51. The Morgan fingerprint density at radius 2 is 1.91 bits per heavy atom. The smallest absolute Gasteiger partial charge is 0.317 e. The molecule has 2 aliphatic carbocycles. The fraction of sp³-hybridized carbons (Fsp3) is 0.875. The summed E-state index contributed by atoms with van der Waals surface area (Å²) in [6.07, 6.45) is 6.93. The first-order chi connectivity index (χ1) is 10.5. The predicted molar refractivity (Wildman–Crippen MR) is 82.7 cm³/mol. The minimum absolute atomic E-state index is 0.0715. The van der Waals surface area contributed by atoms with E-state index in [1.807, 2.05) is 16.7 Å². The number of carboxylic acids is 1. The molecule has 2 saturated carbocycles. The molecule has 0 aromatic heterocycles. The molecule has 0 bridgehead atoms. The molecule has 0 atom stereocenters. The van der Waals surface area contributed by atoms with Crippen LogP contribution in [0.4, 0.5) is 4.79 Å². The Bertz CT molecular complexity index is 434. The number of hydrogen-bond donors (Lipinski definition) is 2. The zero-order valence-corrected chi connectivity index (χ0v) is 13.4. The Balaban J connectivity index is 1.37. The van der Waals surface area contributed by atoms with Crippen LogP contribution >= 0.6 is 0 Å². The molecule has 1 saturated heterocycles. The van der Waals surface area contributed by atoms with Gasteiger partial charge in [0.25, 0.3) is 0 Å². The van der Waals surface area contributed by atoms with Gasteiger partial charge in [-0.1, -0.05) is 19.8 Å². The van der Waals surface area contributed by atoms with Crippen LogP contribution in [-0.2, 0) is 4.79 Å². The standard InChI is InChI=1S/C16H27N3O3/c1-2-18(9-14(20)21)13-7-12(8-13)17-15(22)19-10-16(11-19)5-3-4-6-16/h12-13H,2-11H2,1H3,(H,17,22)(H,20,21). The minimum Gasteiger partial charge on any atom is -0.480 e. The van der Waals surface area contributed by atoms with Gasteiger partial charge >= 0.3 is 12.0 Å². The van der Waals surface area contributed by atoms with Gasteiger partial charge in [-0.15, -0.1) is 0 Å². The van der Waals surface area contributed by atoms with E-state index < -0.39 is 5.97 Å². The van der Waals surface area contributed by atoms with Crippen molar-refractivity contribution in [2.24, 2.45) is 5.41 Å². The molecule has 6 heteroatoms. The molecule has 22 heavy (non-hydrogen) atoms. The highest BCUT2D eigenvalue weighted by Gasteiger charge is 2.47. The molecular formula is C16H27N3O3. The summed E-state index contributed by atoms with van der Waals surface area (Å²) >= 11 is 0. The lowest BCUT2D eigenvalue weighted by Gasteiger charge is -2.49. The Labute approximate surface area is 131 Å². The van der Waals surface area contributed by atoms with E-state index in [1.54, 1.807) is 0 Å². The first-order valence-electron chi connectivity index (χ1n) is 8.53. The number of hydrogen-bond acceptors (Lipinski definition) is 3. The third kappa shape index (κ3) is 3.07. The normalized spacial score (nSPS) is 29.3. The molecule has 2 amide bonds. The van der Waals surface area contributed by atoms with Gasteiger partial charge in [0, 0.05) is 30.6 Å². The summed E-state index contributed by atoms with van der Waals surface area (Å²) in [7, 11) is 0. The molecule has 1 aliphatic heterocycles. The van der Waals surface area contributed by atoms with E-state index in [0.29, 0.717) is 11.5 Å². The number of urea groups is 1. The first-order valence-corrected chi connectivity index (χ1v) is 8.53. The van der Waals surface area contributed by atoms with Crippen molar-refractivity contribution in [3.8, 4) is 0 Å². The molecule has 0 unspecified atom stereocenters. The monoisotopic (exact) mass is 309 g/mol. The number of rotatable bonds is 5. The Morgan fingerprint density at radius 1 is 1.27 bits per heavy atom. The van der Waals surface area contributed by atoms with Gasteiger partial charge in [-0.25, -0.2) is 4.79 Å². The van der Waals surface area contributed by atoms with Gasteiger partial charge in [-0.3, -0.25) is 9.69 Å². The molecule has 124 valence electrons. The van der Waals surface area contributed by atoms with Crippen molar-refractivity contribution < 1.29 is 14.7 Å². The van der Waals surface area contributed by atoms with Gasteiger partial charge in [0.15, 0.2) is 0 Å². The van der Waals surface area contributed by atoms with E-state index in [4.69, 9.17) is 5.11 Å². The van der Waals surface area contributed by atoms with Crippen LogP contribution in [-0.4, -0.2) is 65.2 Å². The molecule has 3 aliphatic rings. The van der Waals surface area contributed by atoms with E-state index in [-0.39, 0.29) is 18.6 Å². The summed E-state index contributed by atoms with van der Waals surface area (Å²) < 4.78 is 0. The van der Waals surface area contributed by atoms with E-state index >= 15 is 0 Å². The van der Waals surface area contributed by atoms with Crippen molar-refractivity contribution in [2.45, 2.75) is 57.5 Å². The number of carbonyl (C=O) groups excluding carboxylic acids is 1. The summed E-state index contributed by atoms with van der Waals surface area (Å²) in [5.41, 5.74) is 0.444. The van der Waals surface area contributed by atoms with E-state index in [2.05, 4.69) is 5.32 Å². The van der Waals surface area contributed by atoms with Crippen molar-refractivity contribution in [3.63, 3.8) is 0 Å². The summed E-state index contributed by atoms with van der Waals surface area (Å²) in [6.45, 7) is 4.67. The number of aliphatic carboxylic acids is 1. The molecule has 1 heterocycles. The fourth-order valence-corrected chi connectivity index (χ4v) is 4.29. The lowest BCUT2D eigenvalue weighted by molar-refractivity contribution is -0.139. The molecule has 6 nitrogen and oxygen atoms in total. The van der Waals surface area contributed by atoms with Gasteiger partial charge in [0.1, 0.15) is 0 Å². The average Bonchev–Trinajstić information content (AvgIpc) is 2.87. The van der Waals surface area contributed by atoms with Gasteiger partial charge < -0.3 is 15.3 Å². The van der Waals surface area contributed by atoms with E-state index in [1.165, 1.54) is 25.7 Å². The first kappa shape index (κ1) is 15.6. The largest absolute Gasteiger partial charge is 0.480 e. The molecule has 3 fully saturated rings.